The Hall–Kier alpha value is -0.480. The Labute approximate surface area is 66.4 Å². The maximum absolute atomic E-state index is 10.1. The van der Waals surface area contributed by atoms with Gasteiger partial charge in [0.1, 0.15) is 0 Å². The number of rotatable bonds is 3. The van der Waals surface area contributed by atoms with E-state index in [1.165, 1.54) is 11.9 Å². The van der Waals surface area contributed by atoms with Gasteiger partial charge in [-0.25, -0.2) is 4.79 Å². The molecule has 0 aromatic carbocycles. The van der Waals surface area contributed by atoms with Gasteiger partial charge in [0.15, 0.2) is 0 Å². The van der Waals surface area contributed by atoms with Crippen LogP contribution in [0.1, 0.15) is 6.42 Å². The normalized spacial score (nSPS) is 8.20. The summed E-state index contributed by atoms with van der Waals surface area (Å²) < 4.78 is 0. The third-order valence-corrected chi connectivity index (χ3v) is 1.02. The van der Waals surface area contributed by atoms with E-state index < -0.39 is 6.09 Å². The Kier molecular flexibility index (Phi) is 8.11. The van der Waals surface area contributed by atoms with Crippen LogP contribution in [0.4, 0.5) is 4.79 Å². The molecule has 5 heteroatoms. The van der Waals surface area contributed by atoms with Crippen molar-refractivity contribution in [1.82, 2.24) is 4.90 Å². The van der Waals surface area contributed by atoms with Crippen molar-refractivity contribution < 1.29 is 9.90 Å². The molecule has 0 saturated heterocycles. The van der Waals surface area contributed by atoms with Gasteiger partial charge in [0.2, 0.25) is 0 Å². The van der Waals surface area contributed by atoms with Gasteiger partial charge in [0.25, 0.3) is 0 Å². The standard InChI is InChI=1S/C5H12N2O2.ClH/c1-7(5(8)9)4-2-3-6;/h2-4,6H2,1H3,(H,8,9);1H. The minimum absolute atomic E-state index is 0. The zero-order chi connectivity index (χ0) is 7.28. The fourth-order valence-corrected chi connectivity index (χ4v) is 0.424. The molecule has 0 aliphatic carbocycles. The number of halogens is 1. The van der Waals surface area contributed by atoms with E-state index in [4.69, 9.17) is 10.8 Å². The molecule has 0 rings (SSSR count). The van der Waals surface area contributed by atoms with Crippen LogP contribution in [-0.2, 0) is 0 Å². The second-order valence-electron chi connectivity index (χ2n) is 1.85. The average Bonchev–Trinajstić information content (AvgIpc) is 1.82. The van der Waals surface area contributed by atoms with Gasteiger partial charge in [-0.15, -0.1) is 12.4 Å². The number of hydrogen-bond acceptors (Lipinski definition) is 2. The molecule has 1 amide bonds. The molecule has 62 valence electrons. The van der Waals surface area contributed by atoms with Crippen LogP contribution in [0.5, 0.6) is 0 Å². The van der Waals surface area contributed by atoms with Crippen LogP contribution in [-0.4, -0.2) is 36.2 Å². The fourth-order valence-electron chi connectivity index (χ4n) is 0.424. The van der Waals surface area contributed by atoms with Crippen molar-refractivity contribution in [2.24, 2.45) is 5.73 Å². The third-order valence-electron chi connectivity index (χ3n) is 1.02. The van der Waals surface area contributed by atoms with Gasteiger partial charge in [0, 0.05) is 13.6 Å². The van der Waals surface area contributed by atoms with Crippen molar-refractivity contribution in [2.45, 2.75) is 6.42 Å². The first kappa shape index (κ1) is 12.2. The molecule has 0 aliphatic heterocycles. The lowest BCUT2D eigenvalue weighted by molar-refractivity contribution is 0.156. The number of carboxylic acid groups (broad SMARTS) is 1. The van der Waals surface area contributed by atoms with Crippen molar-refractivity contribution in [3.63, 3.8) is 0 Å². The van der Waals surface area contributed by atoms with E-state index in [-0.39, 0.29) is 12.4 Å². The SMILES string of the molecule is CN(CCCN)C(=O)O.Cl. The molecule has 10 heavy (non-hydrogen) atoms. The van der Waals surface area contributed by atoms with E-state index in [0.717, 1.165) is 6.42 Å². The summed E-state index contributed by atoms with van der Waals surface area (Å²) in [5, 5.41) is 8.29. The van der Waals surface area contributed by atoms with Crippen LogP contribution < -0.4 is 5.73 Å². The molecule has 0 aromatic rings. The minimum atomic E-state index is -0.900. The zero-order valence-corrected chi connectivity index (χ0v) is 6.73. The van der Waals surface area contributed by atoms with Crippen LogP contribution in [0.15, 0.2) is 0 Å². The van der Waals surface area contributed by atoms with Crippen LogP contribution in [0.25, 0.3) is 0 Å². The van der Waals surface area contributed by atoms with E-state index in [1.807, 2.05) is 0 Å². The van der Waals surface area contributed by atoms with E-state index >= 15 is 0 Å². The van der Waals surface area contributed by atoms with Crippen molar-refractivity contribution in [1.29, 1.82) is 0 Å². The quantitative estimate of drug-likeness (QED) is 0.640. The smallest absolute Gasteiger partial charge is 0.407 e. The lowest BCUT2D eigenvalue weighted by atomic mass is 10.4. The highest BCUT2D eigenvalue weighted by atomic mass is 35.5. The van der Waals surface area contributed by atoms with E-state index in [9.17, 15) is 4.79 Å². The Bertz CT molecular complexity index is 99.6. The van der Waals surface area contributed by atoms with Crippen LogP contribution in [0.3, 0.4) is 0 Å². The molecule has 0 fully saturated rings. The molecular formula is C5H13ClN2O2. The molecule has 0 aromatic heterocycles. The van der Waals surface area contributed by atoms with Crippen molar-refractivity contribution >= 4 is 18.5 Å². The summed E-state index contributed by atoms with van der Waals surface area (Å²) in [5.41, 5.74) is 5.16. The zero-order valence-electron chi connectivity index (χ0n) is 5.91. The lowest BCUT2D eigenvalue weighted by Gasteiger charge is -2.10. The summed E-state index contributed by atoms with van der Waals surface area (Å²) in [6, 6.07) is 0. The van der Waals surface area contributed by atoms with Gasteiger partial charge in [-0.1, -0.05) is 0 Å². The van der Waals surface area contributed by atoms with Crippen molar-refractivity contribution in [2.75, 3.05) is 20.1 Å². The maximum Gasteiger partial charge on any atom is 0.407 e. The number of carbonyl (C=O) groups is 1. The molecular weight excluding hydrogens is 156 g/mol. The van der Waals surface area contributed by atoms with Gasteiger partial charge in [-0.05, 0) is 13.0 Å². The minimum Gasteiger partial charge on any atom is -0.465 e. The highest BCUT2D eigenvalue weighted by molar-refractivity contribution is 5.85. The first-order chi connectivity index (χ1) is 4.18. The summed E-state index contributed by atoms with van der Waals surface area (Å²) in [7, 11) is 1.53. The van der Waals surface area contributed by atoms with Crippen LogP contribution >= 0.6 is 12.4 Å². The Morgan fingerprint density at radius 2 is 2.20 bits per heavy atom. The van der Waals surface area contributed by atoms with Crippen molar-refractivity contribution in [3.8, 4) is 0 Å². The number of nitrogens with zero attached hydrogens (tertiary/aromatic N) is 1. The predicted molar refractivity (Wildman–Crippen MR) is 41.6 cm³/mol. The van der Waals surface area contributed by atoms with Gasteiger partial charge in [-0.3, -0.25) is 0 Å². The Morgan fingerprint density at radius 3 is 2.50 bits per heavy atom. The monoisotopic (exact) mass is 168 g/mol. The Morgan fingerprint density at radius 1 is 1.70 bits per heavy atom. The lowest BCUT2D eigenvalue weighted by Crippen LogP contribution is -2.26. The largest absolute Gasteiger partial charge is 0.465 e. The third kappa shape index (κ3) is 5.65. The van der Waals surface area contributed by atoms with Gasteiger partial charge < -0.3 is 15.7 Å². The first-order valence-electron chi connectivity index (χ1n) is 2.82. The molecule has 0 radical (unpaired) electrons. The number of amides is 1. The summed E-state index contributed by atoms with van der Waals surface area (Å²) in [6.07, 6.45) is -0.175. The van der Waals surface area contributed by atoms with E-state index in [1.54, 1.807) is 0 Å². The van der Waals surface area contributed by atoms with Crippen LogP contribution in [0, 0.1) is 0 Å². The maximum atomic E-state index is 10.1. The van der Waals surface area contributed by atoms with E-state index in [0.29, 0.717) is 13.1 Å². The number of nitrogens with two attached hydrogens (primary N) is 1. The summed E-state index contributed by atoms with van der Waals surface area (Å²) >= 11 is 0. The molecule has 4 nitrogen and oxygen atoms in total. The Balaban J connectivity index is 0. The van der Waals surface area contributed by atoms with Gasteiger partial charge in [0.05, 0.1) is 0 Å². The topological polar surface area (TPSA) is 66.6 Å². The molecule has 3 N–H and O–H groups in total. The average molecular weight is 169 g/mol. The summed E-state index contributed by atoms with van der Waals surface area (Å²) in [5.74, 6) is 0. The molecule has 0 saturated carbocycles. The molecule has 0 aliphatic rings. The fraction of sp³-hybridized carbons (Fsp3) is 0.800. The van der Waals surface area contributed by atoms with Crippen molar-refractivity contribution in [3.05, 3.63) is 0 Å². The molecule has 0 unspecified atom stereocenters. The van der Waals surface area contributed by atoms with Gasteiger partial charge in [-0.2, -0.15) is 0 Å². The van der Waals surface area contributed by atoms with E-state index in [2.05, 4.69) is 0 Å². The van der Waals surface area contributed by atoms with Crippen LogP contribution in [0.2, 0.25) is 0 Å². The second kappa shape index (κ2) is 6.64. The first-order valence-corrected chi connectivity index (χ1v) is 2.82. The predicted octanol–water partition coefficient (Wildman–Crippen LogP) is 0.367. The highest BCUT2D eigenvalue weighted by Crippen LogP contribution is 1.84. The highest BCUT2D eigenvalue weighted by Gasteiger charge is 2.01. The molecule has 0 bridgehead atoms. The molecule has 0 atom stereocenters. The number of hydrogen-bond donors (Lipinski definition) is 2. The molecule has 0 heterocycles. The summed E-state index contributed by atoms with van der Waals surface area (Å²) in [6.45, 7) is 1.06. The summed E-state index contributed by atoms with van der Waals surface area (Å²) in [4.78, 5) is 11.3. The van der Waals surface area contributed by atoms with Gasteiger partial charge >= 0.3 is 6.09 Å². The molecule has 0 spiro atoms. The second-order valence-corrected chi connectivity index (χ2v) is 1.85.